The quantitative estimate of drug-likeness (QED) is 0.771. The summed E-state index contributed by atoms with van der Waals surface area (Å²) in [6, 6.07) is 6.21. The third kappa shape index (κ3) is 1.91. The molecule has 1 aromatic carbocycles. The van der Waals surface area contributed by atoms with Gasteiger partial charge in [-0.25, -0.2) is 9.97 Å². The summed E-state index contributed by atoms with van der Waals surface area (Å²) < 4.78 is 1.21. The molecule has 0 fully saturated rings. The second-order valence-electron chi connectivity index (χ2n) is 3.37. The molecule has 80 valence electrons. The highest BCUT2D eigenvalue weighted by molar-refractivity contribution is 7.16. The predicted octanol–water partition coefficient (Wildman–Crippen LogP) is 3.36. The van der Waals surface area contributed by atoms with Gasteiger partial charge in [-0.05, 0) is 18.2 Å². The van der Waals surface area contributed by atoms with E-state index in [9.17, 15) is 0 Å². The zero-order valence-electron chi connectivity index (χ0n) is 8.38. The molecule has 0 radical (unpaired) electrons. The summed E-state index contributed by atoms with van der Waals surface area (Å²) in [5, 5.41) is 5.41. The standard InChI is InChI=1S/C11H9N3S2/c1-2-10-11(16-7-14-10)3-8(1)12-4-9-5-15-6-13-9/h1-3,5-7,12H,4H2. The fraction of sp³-hybridized carbons (Fsp3) is 0.0909. The summed E-state index contributed by atoms with van der Waals surface area (Å²) in [4.78, 5) is 8.48. The van der Waals surface area contributed by atoms with Gasteiger partial charge < -0.3 is 5.32 Å². The van der Waals surface area contributed by atoms with Crippen molar-refractivity contribution >= 4 is 38.6 Å². The summed E-state index contributed by atoms with van der Waals surface area (Å²) >= 11 is 3.28. The van der Waals surface area contributed by atoms with Crippen LogP contribution in [-0.4, -0.2) is 9.97 Å². The summed E-state index contributed by atoms with van der Waals surface area (Å²) in [7, 11) is 0. The zero-order valence-corrected chi connectivity index (χ0v) is 10.0. The molecule has 0 aliphatic heterocycles. The molecule has 3 nitrogen and oxygen atoms in total. The Morgan fingerprint density at radius 1 is 1.19 bits per heavy atom. The predicted molar refractivity (Wildman–Crippen MR) is 69.1 cm³/mol. The molecule has 0 saturated heterocycles. The van der Waals surface area contributed by atoms with Crippen molar-refractivity contribution < 1.29 is 0 Å². The molecule has 3 aromatic rings. The minimum Gasteiger partial charge on any atom is -0.379 e. The fourth-order valence-electron chi connectivity index (χ4n) is 1.48. The van der Waals surface area contributed by atoms with Crippen LogP contribution in [0, 0.1) is 0 Å². The summed E-state index contributed by atoms with van der Waals surface area (Å²) in [6.45, 7) is 0.772. The van der Waals surface area contributed by atoms with Gasteiger partial charge in [0.2, 0.25) is 0 Å². The maximum atomic E-state index is 4.25. The number of anilines is 1. The molecule has 0 amide bonds. The van der Waals surface area contributed by atoms with Crippen LogP contribution in [-0.2, 0) is 6.54 Å². The first-order chi connectivity index (χ1) is 7.92. The Morgan fingerprint density at radius 2 is 2.19 bits per heavy atom. The number of fused-ring (bicyclic) bond motifs is 1. The average Bonchev–Trinajstić information content (AvgIpc) is 2.97. The number of benzene rings is 1. The van der Waals surface area contributed by atoms with Crippen LogP contribution in [0.3, 0.4) is 0 Å². The normalized spacial score (nSPS) is 10.8. The molecule has 0 aliphatic carbocycles. The lowest BCUT2D eigenvalue weighted by molar-refractivity contribution is 1.08. The van der Waals surface area contributed by atoms with E-state index in [0.29, 0.717) is 0 Å². The molecule has 3 rings (SSSR count). The van der Waals surface area contributed by atoms with E-state index in [1.54, 1.807) is 22.7 Å². The Hall–Kier alpha value is -1.46. The van der Waals surface area contributed by atoms with Gasteiger partial charge in [0.25, 0.3) is 0 Å². The SMILES string of the molecule is c1nc(CNc2ccc3ncsc3c2)cs1. The molecule has 0 spiro atoms. The third-order valence-electron chi connectivity index (χ3n) is 2.29. The van der Waals surface area contributed by atoms with Crippen LogP contribution in [0.4, 0.5) is 5.69 Å². The zero-order chi connectivity index (χ0) is 10.8. The Kier molecular flexibility index (Phi) is 2.55. The first-order valence-corrected chi connectivity index (χ1v) is 6.68. The van der Waals surface area contributed by atoms with Crippen molar-refractivity contribution in [2.75, 3.05) is 5.32 Å². The van der Waals surface area contributed by atoms with Crippen LogP contribution in [0.2, 0.25) is 0 Å². The first-order valence-electron chi connectivity index (χ1n) is 4.86. The number of hydrogen-bond acceptors (Lipinski definition) is 5. The lowest BCUT2D eigenvalue weighted by Crippen LogP contribution is -1.98. The van der Waals surface area contributed by atoms with Crippen molar-refractivity contribution in [3.05, 3.63) is 40.3 Å². The minimum atomic E-state index is 0.772. The lowest BCUT2D eigenvalue weighted by Gasteiger charge is -2.03. The van der Waals surface area contributed by atoms with Gasteiger partial charge in [-0.2, -0.15) is 0 Å². The van der Waals surface area contributed by atoms with Crippen molar-refractivity contribution in [1.29, 1.82) is 0 Å². The molecule has 2 heterocycles. The molecule has 2 aromatic heterocycles. The highest BCUT2D eigenvalue weighted by Gasteiger charge is 1.99. The minimum absolute atomic E-state index is 0.772. The number of thiazole rings is 2. The molecule has 16 heavy (non-hydrogen) atoms. The Balaban J connectivity index is 1.78. The van der Waals surface area contributed by atoms with Crippen LogP contribution in [0.15, 0.2) is 34.6 Å². The topological polar surface area (TPSA) is 37.8 Å². The van der Waals surface area contributed by atoms with E-state index in [4.69, 9.17) is 0 Å². The molecule has 0 bridgehead atoms. The maximum absolute atomic E-state index is 4.25. The van der Waals surface area contributed by atoms with Crippen molar-refractivity contribution in [2.24, 2.45) is 0 Å². The third-order valence-corrected chi connectivity index (χ3v) is 3.72. The Morgan fingerprint density at radius 3 is 3.06 bits per heavy atom. The van der Waals surface area contributed by atoms with Gasteiger partial charge >= 0.3 is 0 Å². The van der Waals surface area contributed by atoms with Crippen molar-refractivity contribution in [3.8, 4) is 0 Å². The molecule has 0 atom stereocenters. The molecule has 0 aliphatic rings. The van der Waals surface area contributed by atoms with Crippen LogP contribution >= 0.6 is 22.7 Å². The average molecular weight is 247 g/mol. The van der Waals surface area contributed by atoms with Gasteiger partial charge in [0, 0.05) is 11.1 Å². The number of nitrogens with zero attached hydrogens (tertiary/aromatic N) is 2. The molecule has 5 heteroatoms. The molecule has 1 N–H and O–H groups in total. The number of nitrogens with one attached hydrogen (secondary N) is 1. The van der Waals surface area contributed by atoms with Crippen molar-refractivity contribution in [1.82, 2.24) is 9.97 Å². The monoisotopic (exact) mass is 247 g/mol. The van der Waals surface area contributed by atoms with Gasteiger partial charge in [0.15, 0.2) is 0 Å². The molecule has 0 saturated carbocycles. The summed E-state index contributed by atoms with van der Waals surface area (Å²) in [5.41, 5.74) is 6.97. The smallest absolute Gasteiger partial charge is 0.0813 e. The van der Waals surface area contributed by atoms with E-state index < -0.39 is 0 Å². The van der Waals surface area contributed by atoms with E-state index in [1.165, 1.54) is 4.70 Å². The second kappa shape index (κ2) is 4.19. The summed E-state index contributed by atoms with van der Waals surface area (Å²) in [5.74, 6) is 0. The first kappa shape index (κ1) is 9.74. The van der Waals surface area contributed by atoms with Crippen LogP contribution < -0.4 is 5.32 Å². The Labute approximate surface area is 101 Å². The summed E-state index contributed by atoms with van der Waals surface area (Å²) in [6.07, 6.45) is 0. The Bertz CT molecular complexity index is 586. The number of hydrogen-bond donors (Lipinski definition) is 1. The highest BCUT2D eigenvalue weighted by Crippen LogP contribution is 2.22. The highest BCUT2D eigenvalue weighted by atomic mass is 32.1. The largest absolute Gasteiger partial charge is 0.379 e. The van der Waals surface area contributed by atoms with E-state index in [1.807, 2.05) is 17.1 Å². The van der Waals surface area contributed by atoms with Crippen LogP contribution in [0.1, 0.15) is 5.69 Å². The number of aromatic nitrogens is 2. The van der Waals surface area contributed by atoms with Gasteiger partial charge in [0.1, 0.15) is 0 Å². The van der Waals surface area contributed by atoms with Gasteiger partial charge in [-0.15, -0.1) is 22.7 Å². The van der Waals surface area contributed by atoms with E-state index in [0.717, 1.165) is 23.4 Å². The number of rotatable bonds is 3. The van der Waals surface area contributed by atoms with Crippen LogP contribution in [0.25, 0.3) is 10.2 Å². The van der Waals surface area contributed by atoms with Crippen molar-refractivity contribution in [3.63, 3.8) is 0 Å². The van der Waals surface area contributed by atoms with Crippen molar-refractivity contribution in [2.45, 2.75) is 6.54 Å². The lowest BCUT2D eigenvalue weighted by atomic mass is 10.3. The van der Waals surface area contributed by atoms with E-state index in [2.05, 4.69) is 32.8 Å². The second-order valence-corrected chi connectivity index (χ2v) is 4.97. The molecular formula is C11H9N3S2. The molecular weight excluding hydrogens is 238 g/mol. The van der Waals surface area contributed by atoms with Crippen LogP contribution in [0.5, 0.6) is 0 Å². The van der Waals surface area contributed by atoms with E-state index in [-0.39, 0.29) is 0 Å². The maximum Gasteiger partial charge on any atom is 0.0813 e. The fourth-order valence-corrected chi connectivity index (χ4v) is 2.76. The van der Waals surface area contributed by atoms with E-state index >= 15 is 0 Å². The van der Waals surface area contributed by atoms with Gasteiger partial charge in [0.05, 0.1) is 33.5 Å². The van der Waals surface area contributed by atoms with Gasteiger partial charge in [-0.1, -0.05) is 0 Å². The van der Waals surface area contributed by atoms with Gasteiger partial charge in [-0.3, -0.25) is 0 Å². The molecule has 0 unspecified atom stereocenters.